The van der Waals surface area contributed by atoms with Gasteiger partial charge in [-0.05, 0) is 54.2 Å². The number of aliphatic hydroxyl groups is 7. The van der Waals surface area contributed by atoms with E-state index in [2.05, 4.69) is 10.6 Å². The first kappa shape index (κ1) is 31.7. The van der Waals surface area contributed by atoms with Crippen molar-refractivity contribution in [3.63, 3.8) is 0 Å². The summed E-state index contributed by atoms with van der Waals surface area (Å²) in [6.45, 7) is -0.113. The largest absolute Gasteiger partial charge is 0.496 e. The van der Waals surface area contributed by atoms with E-state index in [4.69, 9.17) is 9.47 Å². The number of carbonyl (C=O) groups excluding carboxylic acids is 1. The van der Waals surface area contributed by atoms with Crippen LogP contribution in [0.4, 0.5) is 4.79 Å². The fourth-order valence-corrected chi connectivity index (χ4v) is 4.61. The zero-order valence-electron chi connectivity index (χ0n) is 22.7. The van der Waals surface area contributed by atoms with E-state index >= 15 is 0 Å². The second kappa shape index (κ2) is 14.2. The van der Waals surface area contributed by atoms with E-state index in [1.165, 1.54) is 7.11 Å². The fraction of sp³-hybridized carbons (Fsp3) is 0.536. The van der Waals surface area contributed by atoms with Crippen molar-refractivity contribution in [1.29, 1.82) is 0 Å². The number of ether oxygens (including phenoxy) is 2. The quantitative estimate of drug-likeness (QED) is 0.149. The number of hydrogen-bond donors (Lipinski definition) is 9. The molecule has 222 valence electrons. The highest BCUT2D eigenvalue weighted by Gasteiger charge is 2.45. The zero-order valence-corrected chi connectivity index (χ0v) is 22.7. The Balaban J connectivity index is 1.67. The van der Waals surface area contributed by atoms with E-state index in [1.807, 2.05) is 43.3 Å². The average molecular weight is 565 g/mol. The first-order chi connectivity index (χ1) is 19.1. The number of carbonyl (C=O) groups is 1. The molecule has 0 aromatic heterocycles. The van der Waals surface area contributed by atoms with Crippen molar-refractivity contribution in [2.75, 3.05) is 40.1 Å². The summed E-state index contributed by atoms with van der Waals surface area (Å²) in [5, 5.41) is 73.6. The van der Waals surface area contributed by atoms with Gasteiger partial charge in [0.15, 0.2) is 0 Å². The number of amides is 2. The monoisotopic (exact) mass is 564 g/mol. The average Bonchev–Trinajstić information content (AvgIpc) is 2.97. The minimum Gasteiger partial charge on any atom is -0.496 e. The van der Waals surface area contributed by atoms with Crippen molar-refractivity contribution in [2.45, 2.75) is 55.8 Å². The highest BCUT2D eigenvalue weighted by Crippen LogP contribution is 2.38. The number of methoxy groups -OCH3 is 1. The van der Waals surface area contributed by atoms with Gasteiger partial charge in [0.05, 0.1) is 33.5 Å². The maximum Gasteiger partial charge on any atom is 0.315 e. The Kier molecular flexibility index (Phi) is 11.3. The lowest BCUT2D eigenvalue weighted by molar-refractivity contribution is -0.232. The van der Waals surface area contributed by atoms with Crippen LogP contribution in [-0.2, 0) is 17.6 Å². The predicted octanol–water partition coefficient (Wildman–Crippen LogP) is -1.33. The minimum absolute atomic E-state index is 0.295. The summed E-state index contributed by atoms with van der Waals surface area (Å²) < 4.78 is 11.3. The molecule has 40 heavy (non-hydrogen) atoms. The highest BCUT2D eigenvalue weighted by molar-refractivity contribution is 5.74. The SMILES string of the molecule is COc1cc(C)c(Cc2ccc(CCNC(=O)NC(CO)(CO)CO)cc2)cc1[C@@H]1O[C@H](CO)[C@@H](O)[C@H](O)[C@H]1O. The number of aryl methyl sites for hydroxylation is 1. The Hall–Kier alpha value is -2.81. The summed E-state index contributed by atoms with van der Waals surface area (Å²) in [5.41, 5.74) is 2.84. The molecule has 0 spiro atoms. The molecule has 2 aromatic carbocycles. The lowest BCUT2D eigenvalue weighted by atomic mass is 9.88. The van der Waals surface area contributed by atoms with Crippen LogP contribution in [0.25, 0.3) is 0 Å². The summed E-state index contributed by atoms with van der Waals surface area (Å²) in [6.07, 6.45) is -5.36. The van der Waals surface area contributed by atoms with Crippen LogP contribution in [0, 0.1) is 6.92 Å². The molecule has 1 fully saturated rings. The summed E-state index contributed by atoms with van der Waals surface area (Å²) >= 11 is 0. The van der Waals surface area contributed by atoms with Gasteiger partial charge in [-0.2, -0.15) is 0 Å². The van der Waals surface area contributed by atoms with Gasteiger partial charge in [-0.25, -0.2) is 4.79 Å². The zero-order chi connectivity index (χ0) is 29.4. The molecule has 1 aliphatic rings. The first-order valence-corrected chi connectivity index (χ1v) is 13.1. The number of urea groups is 1. The second-order valence-electron chi connectivity index (χ2n) is 10.1. The topological polar surface area (TPSA) is 201 Å². The third-order valence-electron chi connectivity index (χ3n) is 7.29. The molecule has 0 radical (unpaired) electrons. The van der Waals surface area contributed by atoms with E-state index < -0.39 is 68.5 Å². The maximum absolute atomic E-state index is 12.1. The van der Waals surface area contributed by atoms with Crippen molar-refractivity contribution < 1.29 is 50.0 Å². The number of nitrogens with one attached hydrogen (secondary N) is 2. The second-order valence-corrected chi connectivity index (χ2v) is 10.1. The van der Waals surface area contributed by atoms with E-state index in [1.54, 1.807) is 0 Å². The Morgan fingerprint density at radius 3 is 2.15 bits per heavy atom. The molecular formula is C28H40N2O10. The molecule has 5 atom stereocenters. The van der Waals surface area contributed by atoms with Gasteiger partial charge < -0.3 is 55.9 Å². The highest BCUT2D eigenvalue weighted by atomic mass is 16.5. The van der Waals surface area contributed by atoms with Crippen LogP contribution in [0.3, 0.4) is 0 Å². The maximum atomic E-state index is 12.1. The molecule has 0 aliphatic carbocycles. The number of rotatable bonds is 12. The van der Waals surface area contributed by atoms with Gasteiger partial charge in [-0.1, -0.05) is 24.3 Å². The van der Waals surface area contributed by atoms with Crippen LogP contribution in [0.15, 0.2) is 36.4 Å². The third kappa shape index (κ3) is 7.28. The predicted molar refractivity (Wildman–Crippen MR) is 144 cm³/mol. The summed E-state index contributed by atoms with van der Waals surface area (Å²) in [6, 6.07) is 10.8. The van der Waals surface area contributed by atoms with Crippen molar-refractivity contribution in [3.8, 4) is 5.75 Å². The van der Waals surface area contributed by atoms with Crippen LogP contribution >= 0.6 is 0 Å². The molecule has 12 heteroatoms. The standard InChI is InChI=1S/C28H40N2O10/c1-16-9-21(39-2)20(26-25(37)24(36)23(35)22(12-31)40-26)11-19(16)10-18-5-3-17(4-6-18)7-8-29-27(38)30-28(13-32,14-33)15-34/h3-6,9,11,22-26,31-37H,7-8,10,12-15H2,1-2H3,(H2,29,30,38)/t22-,23-,24+,25-,26+/m1/s1. The number of aliphatic hydroxyl groups excluding tert-OH is 7. The lowest BCUT2D eigenvalue weighted by Gasteiger charge is -2.40. The molecule has 3 rings (SSSR count). The van der Waals surface area contributed by atoms with Gasteiger partial charge in [0.2, 0.25) is 0 Å². The molecule has 0 bridgehead atoms. The molecule has 1 heterocycles. The smallest absolute Gasteiger partial charge is 0.315 e. The first-order valence-electron chi connectivity index (χ1n) is 13.1. The molecule has 0 unspecified atom stereocenters. The van der Waals surface area contributed by atoms with Crippen LogP contribution in [0.5, 0.6) is 5.75 Å². The number of benzene rings is 2. The molecule has 1 aliphatic heterocycles. The fourth-order valence-electron chi connectivity index (χ4n) is 4.61. The van der Waals surface area contributed by atoms with Crippen molar-refractivity contribution in [1.82, 2.24) is 10.6 Å². The lowest BCUT2D eigenvalue weighted by Crippen LogP contribution is -2.59. The normalized spacial score (nSPS) is 23.1. The molecule has 1 saturated heterocycles. The minimum atomic E-state index is -1.50. The molecule has 2 amide bonds. The third-order valence-corrected chi connectivity index (χ3v) is 7.29. The summed E-state index contributed by atoms with van der Waals surface area (Å²) in [4.78, 5) is 12.1. The Morgan fingerprint density at radius 1 is 0.950 bits per heavy atom. The van der Waals surface area contributed by atoms with E-state index in [-0.39, 0.29) is 0 Å². The van der Waals surface area contributed by atoms with E-state index in [0.717, 1.165) is 22.3 Å². The number of hydrogen-bond acceptors (Lipinski definition) is 10. The molecule has 2 aromatic rings. The van der Waals surface area contributed by atoms with Gasteiger partial charge in [-0.3, -0.25) is 0 Å². The van der Waals surface area contributed by atoms with Crippen molar-refractivity contribution in [3.05, 3.63) is 64.2 Å². The van der Waals surface area contributed by atoms with E-state index in [0.29, 0.717) is 30.7 Å². The Morgan fingerprint density at radius 2 is 1.57 bits per heavy atom. The van der Waals surface area contributed by atoms with Crippen LogP contribution in [0.1, 0.15) is 33.9 Å². The summed E-state index contributed by atoms with van der Waals surface area (Å²) in [5.74, 6) is 0.451. The molecule has 0 saturated carbocycles. The van der Waals surface area contributed by atoms with Gasteiger partial charge in [-0.15, -0.1) is 0 Å². The van der Waals surface area contributed by atoms with Crippen LogP contribution in [0.2, 0.25) is 0 Å². The Bertz CT molecular complexity index is 1100. The van der Waals surface area contributed by atoms with Gasteiger partial charge in [0.25, 0.3) is 0 Å². The molecule has 12 nitrogen and oxygen atoms in total. The Labute approximate surface area is 232 Å². The van der Waals surface area contributed by atoms with Gasteiger partial charge in [0.1, 0.15) is 41.8 Å². The van der Waals surface area contributed by atoms with Crippen LogP contribution in [-0.4, -0.2) is 112 Å². The van der Waals surface area contributed by atoms with Gasteiger partial charge >= 0.3 is 6.03 Å². The molecular weight excluding hydrogens is 524 g/mol. The van der Waals surface area contributed by atoms with Crippen molar-refractivity contribution >= 4 is 6.03 Å². The molecule has 9 N–H and O–H groups in total. The van der Waals surface area contributed by atoms with Crippen molar-refractivity contribution in [2.24, 2.45) is 0 Å². The van der Waals surface area contributed by atoms with Gasteiger partial charge in [0, 0.05) is 12.1 Å². The van der Waals surface area contributed by atoms with E-state index in [9.17, 15) is 40.5 Å². The van der Waals surface area contributed by atoms with Crippen LogP contribution < -0.4 is 15.4 Å². The summed E-state index contributed by atoms with van der Waals surface area (Å²) in [7, 11) is 1.49.